The number of fused-ring (bicyclic) bond motifs is 8. The predicted octanol–water partition coefficient (Wildman–Crippen LogP) is 5.33. The molecular weight excluding hydrogens is 342 g/mol. The molecule has 0 N–H and O–H groups in total. The number of hydrogen-bond acceptors (Lipinski definition) is 3. The van der Waals surface area contributed by atoms with Crippen LogP contribution in [0.15, 0.2) is 67.1 Å². The van der Waals surface area contributed by atoms with Crippen LogP contribution in [-0.4, -0.2) is 9.97 Å². The lowest BCUT2D eigenvalue weighted by Gasteiger charge is -2.39. The lowest BCUT2D eigenvalue weighted by atomic mass is 9.83. The van der Waals surface area contributed by atoms with Gasteiger partial charge in [-0.25, -0.2) is 4.98 Å². The first-order chi connectivity index (χ1) is 13.9. The SMILES string of the molecule is c1ccc2c(c1)Cc1c-2cc2c3c1Cc1cccnc1N3c1cnccc1C2. The molecule has 0 unspecified atom stereocenters. The summed E-state index contributed by atoms with van der Waals surface area (Å²) in [6, 6.07) is 17.7. The molecule has 0 bridgehead atoms. The molecule has 0 atom stereocenters. The van der Waals surface area contributed by atoms with Crippen molar-refractivity contribution in [3.05, 3.63) is 101 Å². The molecule has 0 saturated carbocycles. The van der Waals surface area contributed by atoms with Crippen LogP contribution in [0.2, 0.25) is 0 Å². The molecular formula is C25H17N3. The van der Waals surface area contributed by atoms with E-state index in [-0.39, 0.29) is 0 Å². The van der Waals surface area contributed by atoms with Gasteiger partial charge in [0, 0.05) is 25.2 Å². The number of aromatic nitrogens is 2. The molecule has 3 nitrogen and oxygen atoms in total. The van der Waals surface area contributed by atoms with Crippen LogP contribution in [0.5, 0.6) is 0 Å². The van der Waals surface area contributed by atoms with E-state index in [0.717, 1.165) is 25.1 Å². The molecule has 4 aromatic rings. The van der Waals surface area contributed by atoms with Gasteiger partial charge in [-0.1, -0.05) is 30.3 Å². The maximum atomic E-state index is 4.78. The minimum Gasteiger partial charge on any atom is -0.292 e. The largest absolute Gasteiger partial charge is 0.292 e. The van der Waals surface area contributed by atoms with Gasteiger partial charge in [-0.3, -0.25) is 9.88 Å². The van der Waals surface area contributed by atoms with Gasteiger partial charge in [0.15, 0.2) is 0 Å². The Bertz CT molecular complexity index is 1290. The Balaban J connectivity index is 1.58. The van der Waals surface area contributed by atoms with E-state index in [4.69, 9.17) is 4.98 Å². The molecule has 0 fully saturated rings. The molecule has 1 aliphatic carbocycles. The van der Waals surface area contributed by atoms with E-state index in [1.165, 1.54) is 55.9 Å². The van der Waals surface area contributed by atoms with E-state index < -0.39 is 0 Å². The second-order valence-corrected chi connectivity index (χ2v) is 7.90. The number of hydrogen-bond donors (Lipinski definition) is 0. The zero-order valence-electron chi connectivity index (χ0n) is 15.3. The molecule has 132 valence electrons. The second kappa shape index (κ2) is 5.08. The molecule has 2 aromatic carbocycles. The Hall–Kier alpha value is -3.46. The van der Waals surface area contributed by atoms with Crippen LogP contribution in [0.4, 0.5) is 17.2 Å². The summed E-state index contributed by atoms with van der Waals surface area (Å²) in [4.78, 5) is 11.6. The van der Waals surface area contributed by atoms with E-state index in [9.17, 15) is 0 Å². The molecule has 2 aromatic heterocycles. The first-order valence-corrected chi connectivity index (χ1v) is 9.81. The van der Waals surface area contributed by atoms with E-state index in [0.29, 0.717) is 0 Å². The van der Waals surface area contributed by atoms with Crippen LogP contribution in [0.25, 0.3) is 11.1 Å². The minimum absolute atomic E-state index is 0.953. The standard InChI is InChI=1S/C25H17N3/c1-2-6-19-15(4-1)11-21-20(19)13-18-10-16-7-9-26-14-23(16)28-24(18)22(21)12-17-5-3-8-27-25(17)28/h1-9,13-14H,10-12H2. The van der Waals surface area contributed by atoms with Crippen molar-refractivity contribution in [2.75, 3.05) is 4.90 Å². The zero-order chi connectivity index (χ0) is 18.2. The zero-order valence-corrected chi connectivity index (χ0v) is 15.3. The quantitative estimate of drug-likeness (QED) is 0.367. The Kier molecular flexibility index (Phi) is 2.64. The average molecular weight is 359 g/mol. The Morgan fingerprint density at radius 1 is 0.714 bits per heavy atom. The fourth-order valence-corrected chi connectivity index (χ4v) is 5.27. The van der Waals surface area contributed by atoms with Crippen molar-refractivity contribution in [1.82, 2.24) is 9.97 Å². The molecule has 4 heterocycles. The second-order valence-electron chi connectivity index (χ2n) is 7.90. The molecule has 0 saturated heterocycles. The highest BCUT2D eigenvalue weighted by atomic mass is 15.2. The molecule has 28 heavy (non-hydrogen) atoms. The van der Waals surface area contributed by atoms with Gasteiger partial charge in [-0.15, -0.1) is 0 Å². The number of pyridine rings is 2. The van der Waals surface area contributed by atoms with Gasteiger partial charge in [0.1, 0.15) is 5.82 Å². The molecule has 2 aliphatic heterocycles. The van der Waals surface area contributed by atoms with Crippen molar-refractivity contribution in [3.63, 3.8) is 0 Å². The first-order valence-electron chi connectivity index (χ1n) is 9.81. The summed E-state index contributed by atoms with van der Waals surface area (Å²) < 4.78 is 0. The van der Waals surface area contributed by atoms with Gasteiger partial charge in [-0.2, -0.15) is 0 Å². The summed E-state index contributed by atoms with van der Waals surface area (Å²) in [6.07, 6.45) is 8.72. The van der Waals surface area contributed by atoms with Crippen LogP contribution in [0.3, 0.4) is 0 Å². The highest BCUT2D eigenvalue weighted by Crippen LogP contribution is 2.53. The highest BCUT2D eigenvalue weighted by molar-refractivity contribution is 5.92. The van der Waals surface area contributed by atoms with Gasteiger partial charge in [0.05, 0.1) is 17.6 Å². The van der Waals surface area contributed by atoms with E-state index in [2.05, 4.69) is 58.4 Å². The lowest BCUT2D eigenvalue weighted by molar-refractivity contribution is 0.961. The van der Waals surface area contributed by atoms with Gasteiger partial charge >= 0.3 is 0 Å². The predicted molar refractivity (Wildman–Crippen MR) is 111 cm³/mol. The summed E-state index contributed by atoms with van der Waals surface area (Å²) >= 11 is 0. The minimum atomic E-state index is 0.953. The van der Waals surface area contributed by atoms with Crippen LogP contribution in [-0.2, 0) is 19.3 Å². The summed E-state index contributed by atoms with van der Waals surface area (Å²) in [5.41, 5.74) is 13.8. The van der Waals surface area contributed by atoms with Crippen molar-refractivity contribution in [2.45, 2.75) is 19.3 Å². The lowest BCUT2D eigenvalue weighted by Crippen LogP contribution is -2.26. The van der Waals surface area contributed by atoms with Crippen molar-refractivity contribution >= 4 is 17.2 Å². The third-order valence-electron chi connectivity index (χ3n) is 6.45. The number of nitrogens with zero attached hydrogens (tertiary/aromatic N) is 3. The summed E-state index contributed by atoms with van der Waals surface area (Å²) in [6.45, 7) is 0. The maximum Gasteiger partial charge on any atom is 0.141 e. The molecule has 3 heteroatoms. The normalized spacial score (nSPS) is 14.6. The van der Waals surface area contributed by atoms with E-state index in [1.807, 2.05) is 18.6 Å². The van der Waals surface area contributed by atoms with Crippen molar-refractivity contribution < 1.29 is 0 Å². The summed E-state index contributed by atoms with van der Waals surface area (Å²) in [7, 11) is 0. The maximum absolute atomic E-state index is 4.78. The molecule has 0 amide bonds. The topological polar surface area (TPSA) is 29.0 Å². The van der Waals surface area contributed by atoms with Crippen LogP contribution >= 0.6 is 0 Å². The van der Waals surface area contributed by atoms with E-state index in [1.54, 1.807) is 0 Å². The van der Waals surface area contributed by atoms with E-state index >= 15 is 0 Å². The van der Waals surface area contributed by atoms with Crippen molar-refractivity contribution in [2.24, 2.45) is 0 Å². The highest BCUT2D eigenvalue weighted by Gasteiger charge is 2.36. The molecule has 0 radical (unpaired) electrons. The summed E-state index contributed by atoms with van der Waals surface area (Å²) in [5, 5.41) is 0. The summed E-state index contributed by atoms with van der Waals surface area (Å²) in [5.74, 6) is 1.06. The van der Waals surface area contributed by atoms with Gasteiger partial charge in [0.25, 0.3) is 0 Å². The first kappa shape index (κ1) is 14.6. The third-order valence-corrected chi connectivity index (χ3v) is 6.45. The molecule has 7 rings (SSSR count). The monoisotopic (exact) mass is 359 g/mol. The third kappa shape index (κ3) is 1.74. The average Bonchev–Trinajstić information content (AvgIpc) is 3.12. The molecule has 0 spiro atoms. The smallest absolute Gasteiger partial charge is 0.141 e. The van der Waals surface area contributed by atoms with Crippen molar-refractivity contribution in [3.8, 4) is 11.1 Å². The Morgan fingerprint density at radius 3 is 2.61 bits per heavy atom. The number of benzene rings is 2. The van der Waals surface area contributed by atoms with Crippen LogP contribution in [0.1, 0.15) is 33.4 Å². The van der Waals surface area contributed by atoms with Crippen molar-refractivity contribution in [1.29, 1.82) is 0 Å². The molecule has 3 aliphatic rings. The fraction of sp³-hybridized carbons (Fsp3) is 0.120. The van der Waals surface area contributed by atoms with Crippen LogP contribution < -0.4 is 4.90 Å². The number of rotatable bonds is 0. The van der Waals surface area contributed by atoms with Gasteiger partial charge < -0.3 is 0 Å². The van der Waals surface area contributed by atoms with Gasteiger partial charge in [0.2, 0.25) is 0 Å². The Labute approximate surface area is 163 Å². The Morgan fingerprint density at radius 2 is 1.61 bits per heavy atom. The number of anilines is 3. The van der Waals surface area contributed by atoms with Crippen LogP contribution in [0, 0.1) is 0 Å². The fourth-order valence-electron chi connectivity index (χ4n) is 5.27. The van der Waals surface area contributed by atoms with Gasteiger partial charge in [-0.05, 0) is 69.1 Å².